The van der Waals surface area contributed by atoms with Crippen molar-refractivity contribution in [1.29, 1.82) is 0 Å². The minimum atomic E-state index is 0.502. The zero-order valence-electron chi connectivity index (χ0n) is 11.0. The molecule has 15 heavy (non-hydrogen) atoms. The van der Waals surface area contributed by atoms with Gasteiger partial charge in [0.1, 0.15) is 0 Å². The van der Waals surface area contributed by atoms with Gasteiger partial charge in [-0.2, -0.15) is 0 Å². The van der Waals surface area contributed by atoms with Gasteiger partial charge in [-0.25, -0.2) is 0 Å². The normalized spacial score (nSPS) is 33.4. The van der Waals surface area contributed by atoms with Gasteiger partial charge < -0.3 is 0 Å². The standard InChI is InChI=1S/C14H27Br/c1-10(2)9-14(4,5)12-7-6-11(3)8-13(12)15/h10-13H,6-9H2,1-5H3. The lowest BCUT2D eigenvalue weighted by molar-refractivity contribution is 0.121. The Balaban J connectivity index is 2.61. The van der Waals surface area contributed by atoms with Gasteiger partial charge in [-0.1, -0.05) is 57.0 Å². The van der Waals surface area contributed by atoms with Gasteiger partial charge in [0.05, 0.1) is 0 Å². The van der Waals surface area contributed by atoms with E-state index >= 15 is 0 Å². The molecule has 1 fully saturated rings. The maximum atomic E-state index is 3.92. The first-order chi connectivity index (χ1) is 6.83. The Hall–Kier alpha value is 0.480. The van der Waals surface area contributed by atoms with E-state index in [1.807, 2.05) is 0 Å². The summed E-state index contributed by atoms with van der Waals surface area (Å²) in [5.74, 6) is 2.61. The Morgan fingerprint density at radius 3 is 2.33 bits per heavy atom. The molecule has 0 saturated heterocycles. The topological polar surface area (TPSA) is 0 Å². The van der Waals surface area contributed by atoms with E-state index in [1.165, 1.54) is 25.7 Å². The molecule has 0 aromatic rings. The van der Waals surface area contributed by atoms with Crippen LogP contribution in [0.25, 0.3) is 0 Å². The van der Waals surface area contributed by atoms with Gasteiger partial charge in [0.25, 0.3) is 0 Å². The van der Waals surface area contributed by atoms with Crippen LogP contribution in [0.15, 0.2) is 0 Å². The molecule has 0 aromatic carbocycles. The number of hydrogen-bond acceptors (Lipinski definition) is 0. The maximum Gasteiger partial charge on any atom is 0.0181 e. The Labute approximate surface area is 104 Å². The fourth-order valence-electron chi connectivity index (χ4n) is 3.40. The maximum absolute atomic E-state index is 3.92. The van der Waals surface area contributed by atoms with E-state index in [1.54, 1.807) is 0 Å². The average molecular weight is 275 g/mol. The third-order valence-corrected chi connectivity index (χ3v) is 4.98. The SMILES string of the molecule is CC(C)CC(C)(C)C1CCC(C)CC1Br. The smallest absolute Gasteiger partial charge is 0.0181 e. The van der Waals surface area contributed by atoms with Gasteiger partial charge in [0.2, 0.25) is 0 Å². The van der Waals surface area contributed by atoms with E-state index in [2.05, 4.69) is 50.5 Å². The summed E-state index contributed by atoms with van der Waals surface area (Å²) in [7, 11) is 0. The Kier molecular flexibility index (Phi) is 4.70. The molecular formula is C14H27Br. The van der Waals surface area contributed by atoms with Crippen molar-refractivity contribution in [2.75, 3.05) is 0 Å². The van der Waals surface area contributed by atoms with Crippen molar-refractivity contribution in [3.63, 3.8) is 0 Å². The van der Waals surface area contributed by atoms with Crippen LogP contribution in [0.2, 0.25) is 0 Å². The van der Waals surface area contributed by atoms with Gasteiger partial charge in [-0.05, 0) is 42.4 Å². The van der Waals surface area contributed by atoms with E-state index in [4.69, 9.17) is 0 Å². The van der Waals surface area contributed by atoms with Crippen LogP contribution in [-0.2, 0) is 0 Å². The number of alkyl halides is 1. The van der Waals surface area contributed by atoms with Crippen LogP contribution in [0.4, 0.5) is 0 Å². The van der Waals surface area contributed by atoms with E-state index < -0.39 is 0 Å². The predicted molar refractivity (Wildman–Crippen MR) is 72.5 cm³/mol. The molecule has 1 saturated carbocycles. The molecule has 0 aromatic heterocycles. The molecular weight excluding hydrogens is 248 g/mol. The lowest BCUT2D eigenvalue weighted by Crippen LogP contribution is -2.36. The summed E-state index contributed by atoms with van der Waals surface area (Å²) >= 11 is 3.92. The van der Waals surface area contributed by atoms with Crippen molar-refractivity contribution >= 4 is 15.9 Å². The van der Waals surface area contributed by atoms with Crippen LogP contribution in [0.3, 0.4) is 0 Å². The van der Waals surface area contributed by atoms with Gasteiger partial charge in [-0.3, -0.25) is 0 Å². The van der Waals surface area contributed by atoms with Crippen molar-refractivity contribution in [3.8, 4) is 0 Å². The van der Waals surface area contributed by atoms with Crippen LogP contribution < -0.4 is 0 Å². The quantitative estimate of drug-likeness (QED) is 0.616. The molecule has 3 atom stereocenters. The van der Waals surface area contributed by atoms with E-state index in [0.29, 0.717) is 5.41 Å². The number of hydrogen-bond donors (Lipinski definition) is 0. The average Bonchev–Trinajstić information content (AvgIpc) is 1.99. The largest absolute Gasteiger partial charge is 0.0887 e. The summed E-state index contributed by atoms with van der Waals surface area (Å²) in [5.41, 5.74) is 0.502. The van der Waals surface area contributed by atoms with Crippen LogP contribution in [0.1, 0.15) is 60.3 Å². The minimum Gasteiger partial charge on any atom is -0.0887 e. The van der Waals surface area contributed by atoms with E-state index in [0.717, 1.165) is 22.6 Å². The highest BCUT2D eigenvalue weighted by atomic mass is 79.9. The number of rotatable bonds is 3. The van der Waals surface area contributed by atoms with E-state index in [-0.39, 0.29) is 0 Å². The second kappa shape index (κ2) is 5.21. The molecule has 1 aliphatic carbocycles. The van der Waals surface area contributed by atoms with Crippen LogP contribution >= 0.6 is 15.9 Å². The summed E-state index contributed by atoms with van der Waals surface area (Å²) in [6, 6.07) is 0. The third-order valence-electron chi connectivity index (χ3n) is 3.97. The second-order valence-electron chi connectivity index (χ2n) is 6.63. The molecule has 0 radical (unpaired) electrons. The first kappa shape index (κ1) is 13.5. The molecule has 1 aliphatic rings. The van der Waals surface area contributed by atoms with Crippen molar-refractivity contribution in [3.05, 3.63) is 0 Å². The lowest BCUT2D eigenvalue weighted by Gasteiger charge is -2.43. The monoisotopic (exact) mass is 274 g/mol. The molecule has 90 valence electrons. The minimum absolute atomic E-state index is 0.502. The molecule has 0 nitrogen and oxygen atoms in total. The third kappa shape index (κ3) is 3.76. The molecule has 0 bridgehead atoms. The van der Waals surface area contributed by atoms with Crippen LogP contribution in [0.5, 0.6) is 0 Å². The molecule has 0 N–H and O–H groups in total. The molecule has 0 aliphatic heterocycles. The first-order valence-electron chi connectivity index (χ1n) is 6.47. The first-order valence-corrected chi connectivity index (χ1v) is 7.38. The zero-order valence-corrected chi connectivity index (χ0v) is 12.6. The summed E-state index contributed by atoms with van der Waals surface area (Å²) < 4.78 is 0. The fourth-order valence-corrected chi connectivity index (χ4v) is 5.01. The van der Waals surface area contributed by atoms with Crippen LogP contribution in [-0.4, -0.2) is 4.83 Å². The second-order valence-corrected chi connectivity index (χ2v) is 7.80. The number of halogens is 1. The highest BCUT2D eigenvalue weighted by Gasteiger charge is 2.37. The Morgan fingerprint density at radius 1 is 1.27 bits per heavy atom. The molecule has 1 heteroatoms. The molecule has 3 unspecified atom stereocenters. The molecule has 1 rings (SSSR count). The van der Waals surface area contributed by atoms with Crippen molar-refractivity contribution in [1.82, 2.24) is 0 Å². The summed E-state index contributed by atoms with van der Waals surface area (Å²) in [6.45, 7) is 12.0. The lowest BCUT2D eigenvalue weighted by atomic mass is 9.66. The highest BCUT2D eigenvalue weighted by Crippen LogP contribution is 2.46. The highest BCUT2D eigenvalue weighted by molar-refractivity contribution is 9.09. The van der Waals surface area contributed by atoms with Crippen molar-refractivity contribution < 1.29 is 0 Å². The van der Waals surface area contributed by atoms with Gasteiger partial charge >= 0.3 is 0 Å². The van der Waals surface area contributed by atoms with Crippen LogP contribution in [0, 0.1) is 23.2 Å². The summed E-state index contributed by atoms with van der Waals surface area (Å²) in [5, 5.41) is 0. The Morgan fingerprint density at radius 2 is 1.87 bits per heavy atom. The Bertz CT molecular complexity index is 196. The molecule has 0 spiro atoms. The molecule has 0 amide bonds. The van der Waals surface area contributed by atoms with E-state index in [9.17, 15) is 0 Å². The fraction of sp³-hybridized carbons (Fsp3) is 1.00. The van der Waals surface area contributed by atoms with Gasteiger partial charge in [0, 0.05) is 4.83 Å². The predicted octanol–water partition coefficient (Wildman–Crippen LogP) is 5.26. The zero-order chi connectivity index (χ0) is 11.6. The summed E-state index contributed by atoms with van der Waals surface area (Å²) in [4.78, 5) is 0.745. The van der Waals surface area contributed by atoms with Gasteiger partial charge in [0.15, 0.2) is 0 Å². The molecule has 0 heterocycles. The summed E-state index contributed by atoms with van der Waals surface area (Å²) in [6.07, 6.45) is 5.56. The van der Waals surface area contributed by atoms with Gasteiger partial charge in [-0.15, -0.1) is 0 Å². The van der Waals surface area contributed by atoms with Crippen molar-refractivity contribution in [2.24, 2.45) is 23.2 Å². The van der Waals surface area contributed by atoms with Crippen molar-refractivity contribution in [2.45, 2.75) is 65.1 Å².